The molecular formula is C26H23N. The fraction of sp³-hybridized carbons (Fsp3) is 0.154. The molecule has 0 amide bonds. The highest BCUT2D eigenvalue weighted by Gasteiger charge is 2.33. The van der Waals surface area contributed by atoms with E-state index < -0.39 is 0 Å². The predicted octanol–water partition coefficient (Wildman–Crippen LogP) is 7.17. The quantitative estimate of drug-likeness (QED) is 0.361. The highest BCUT2D eigenvalue weighted by atomic mass is 15.0. The second-order valence-electron chi connectivity index (χ2n) is 7.97. The van der Waals surface area contributed by atoms with Crippen molar-refractivity contribution in [2.75, 3.05) is 0 Å². The fourth-order valence-corrected chi connectivity index (χ4v) is 4.57. The van der Waals surface area contributed by atoms with Crippen LogP contribution in [0, 0.1) is 0 Å². The molecule has 1 aliphatic rings. The molecule has 1 nitrogen and oxygen atoms in total. The number of aromatic nitrogens is 1. The highest BCUT2D eigenvalue weighted by molar-refractivity contribution is 6.13. The van der Waals surface area contributed by atoms with Crippen LogP contribution in [0.3, 0.4) is 0 Å². The van der Waals surface area contributed by atoms with E-state index in [1.54, 1.807) is 0 Å². The van der Waals surface area contributed by atoms with Crippen molar-refractivity contribution in [3.63, 3.8) is 0 Å². The molecule has 0 saturated carbocycles. The van der Waals surface area contributed by atoms with Gasteiger partial charge in [-0.25, -0.2) is 0 Å². The molecular weight excluding hydrogens is 326 g/mol. The Balaban J connectivity index is 1.94. The number of hydrogen-bond donors (Lipinski definition) is 0. The zero-order valence-corrected chi connectivity index (χ0v) is 16.1. The van der Waals surface area contributed by atoms with Gasteiger partial charge in [0.25, 0.3) is 0 Å². The first-order valence-electron chi connectivity index (χ1n) is 9.51. The third kappa shape index (κ3) is 2.06. The van der Waals surface area contributed by atoms with Crippen LogP contribution in [-0.2, 0) is 5.41 Å². The average Bonchev–Trinajstić information content (AvgIpc) is 3.02. The third-order valence-electron chi connectivity index (χ3n) is 6.32. The predicted molar refractivity (Wildman–Crippen MR) is 117 cm³/mol. The first kappa shape index (κ1) is 16.1. The summed E-state index contributed by atoms with van der Waals surface area (Å²) >= 11 is 0. The third-order valence-corrected chi connectivity index (χ3v) is 6.32. The molecule has 0 aliphatic carbocycles. The maximum atomic E-state index is 4.13. The molecule has 0 radical (unpaired) electrons. The molecule has 0 bridgehead atoms. The zero-order valence-electron chi connectivity index (χ0n) is 16.1. The second-order valence-corrected chi connectivity index (χ2v) is 7.97. The van der Waals surface area contributed by atoms with Crippen LogP contribution >= 0.6 is 0 Å². The normalized spacial score (nSPS) is 15.5. The Bertz CT molecular complexity index is 1250. The van der Waals surface area contributed by atoms with Crippen LogP contribution in [-0.4, -0.2) is 4.57 Å². The maximum Gasteiger partial charge on any atom is 0.0581 e. The summed E-state index contributed by atoms with van der Waals surface area (Å²) in [6.45, 7) is 11.0. The standard InChI is InChI=1S/C26H23N/c1-5-23-17(2)26(3,4)22-13-9-12-20-21-16-19(18-10-7-6-8-11-18)14-15-24(21)27(23)25(20)22/h5-16H,1H2,2-4H3. The molecule has 0 atom stereocenters. The summed E-state index contributed by atoms with van der Waals surface area (Å²) in [6, 6.07) is 24.2. The van der Waals surface area contributed by atoms with Crippen LogP contribution in [0.5, 0.6) is 0 Å². The molecule has 5 rings (SSSR count). The number of rotatable bonds is 2. The monoisotopic (exact) mass is 349 g/mol. The van der Waals surface area contributed by atoms with Crippen LogP contribution in [0.2, 0.25) is 0 Å². The minimum absolute atomic E-state index is 0.00430. The van der Waals surface area contributed by atoms with Crippen LogP contribution in [0.25, 0.3) is 38.6 Å². The lowest BCUT2D eigenvalue weighted by Crippen LogP contribution is -2.25. The molecule has 1 aliphatic heterocycles. The largest absolute Gasteiger partial charge is 0.309 e. The Kier molecular flexibility index (Phi) is 3.27. The van der Waals surface area contributed by atoms with Gasteiger partial charge < -0.3 is 4.57 Å². The summed E-state index contributed by atoms with van der Waals surface area (Å²) in [4.78, 5) is 0. The van der Waals surface area contributed by atoms with E-state index in [-0.39, 0.29) is 5.41 Å². The molecule has 0 spiro atoms. The second kappa shape index (κ2) is 5.47. The van der Waals surface area contributed by atoms with Crippen molar-refractivity contribution in [3.05, 3.63) is 90.5 Å². The smallest absolute Gasteiger partial charge is 0.0581 e. The zero-order chi connectivity index (χ0) is 18.8. The van der Waals surface area contributed by atoms with E-state index in [4.69, 9.17) is 0 Å². The number of benzene rings is 3. The van der Waals surface area contributed by atoms with E-state index in [0.29, 0.717) is 0 Å². The minimum atomic E-state index is -0.00430. The lowest BCUT2D eigenvalue weighted by atomic mass is 9.75. The van der Waals surface area contributed by atoms with E-state index in [2.05, 4.69) is 98.6 Å². The van der Waals surface area contributed by atoms with Crippen LogP contribution < -0.4 is 0 Å². The van der Waals surface area contributed by atoms with Crippen molar-refractivity contribution < 1.29 is 0 Å². The van der Waals surface area contributed by atoms with Crippen LogP contribution in [0.4, 0.5) is 0 Å². The Morgan fingerprint density at radius 2 is 1.63 bits per heavy atom. The van der Waals surface area contributed by atoms with Gasteiger partial charge in [-0.05, 0) is 47.4 Å². The molecule has 0 saturated heterocycles. The minimum Gasteiger partial charge on any atom is -0.309 e. The van der Waals surface area contributed by atoms with E-state index in [1.165, 1.54) is 49.8 Å². The van der Waals surface area contributed by atoms with Crippen molar-refractivity contribution in [1.82, 2.24) is 4.57 Å². The Morgan fingerprint density at radius 3 is 2.37 bits per heavy atom. The maximum absolute atomic E-state index is 4.13. The summed E-state index contributed by atoms with van der Waals surface area (Å²) in [5.74, 6) is 0. The Labute approximate surface area is 160 Å². The van der Waals surface area contributed by atoms with Gasteiger partial charge in [0.15, 0.2) is 0 Å². The SMILES string of the molecule is C=CC1=C(C)C(C)(C)c2cccc3c4cc(-c5ccccc5)ccc4n1c23. The molecule has 4 aromatic rings. The first-order chi connectivity index (χ1) is 13.0. The summed E-state index contributed by atoms with van der Waals surface area (Å²) in [6.07, 6.45) is 2.01. The molecule has 0 N–H and O–H groups in total. The fourth-order valence-electron chi connectivity index (χ4n) is 4.57. The van der Waals surface area contributed by atoms with Gasteiger partial charge in [-0.2, -0.15) is 0 Å². The van der Waals surface area contributed by atoms with Gasteiger partial charge in [-0.1, -0.05) is 75.0 Å². The molecule has 3 aromatic carbocycles. The highest BCUT2D eigenvalue weighted by Crippen LogP contribution is 2.47. The molecule has 132 valence electrons. The van der Waals surface area contributed by atoms with Gasteiger partial charge in [0.1, 0.15) is 0 Å². The lowest BCUT2D eigenvalue weighted by Gasteiger charge is -2.34. The molecule has 0 fully saturated rings. The van der Waals surface area contributed by atoms with Gasteiger partial charge in [-0.15, -0.1) is 0 Å². The van der Waals surface area contributed by atoms with Crippen molar-refractivity contribution in [2.45, 2.75) is 26.2 Å². The van der Waals surface area contributed by atoms with Gasteiger partial charge in [0.05, 0.1) is 11.0 Å². The Morgan fingerprint density at radius 1 is 0.852 bits per heavy atom. The van der Waals surface area contributed by atoms with Gasteiger partial charge in [0, 0.05) is 21.9 Å². The number of fused-ring (bicyclic) bond motifs is 3. The number of allylic oxidation sites excluding steroid dienone is 3. The van der Waals surface area contributed by atoms with Crippen molar-refractivity contribution >= 4 is 27.5 Å². The summed E-state index contributed by atoms with van der Waals surface area (Å²) in [5, 5.41) is 2.62. The van der Waals surface area contributed by atoms with Gasteiger partial charge >= 0.3 is 0 Å². The van der Waals surface area contributed by atoms with Crippen LogP contribution in [0.1, 0.15) is 26.3 Å². The van der Waals surface area contributed by atoms with E-state index in [0.717, 1.165) is 0 Å². The topological polar surface area (TPSA) is 4.93 Å². The van der Waals surface area contributed by atoms with E-state index >= 15 is 0 Å². The first-order valence-corrected chi connectivity index (χ1v) is 9.51. The molecule has 1 heteroatoms. The summed E-state index contributed by atoms with van der Waals surface area (Å²) < 4.78 is 2.41. The molecule has 2 heterocycles. The van der Waals surface area contributed by atoms with Gasteiger partial charge in [0.2, 0.25) is 0 Å². The van der Waals surface area contributed by atoms with Crippen LogP contribution in [0.15, 0.2) is 85.0 Å². The summed E-state index contributed by atoms with van der Waals surface area (Å²) in [7, 11) is 0. The lowest BCUT2D eigenvalue weighted by molar-refractivity contribution is 0.619. The van der Waals surface area contributed by atoms with Gasteiger partial charge in [-0.3, -0.25) is 0 Å². The molecule has 0 unspecified atom stereocenters. The average molecular weight is 349 g/mol. The number of para-hydroxylation sites is 1. The van der Waals surface area contributed by atoms with Crippen molar-refractivity contribution in [1.29, 1.82) is 0 Å². The van der Waals surface area contributed by atoms with Crippen molar-refractivity contribution in [3.8, 4) is 11.1 Å². The molecule has 1 aromatic heterocycles. The van der Waals surface area contributed by atoms with E-state index in [9.17, 15) is 0 Å². The molecule has 27 heavy (non-hydrogen) atoms. The summed E-state index contributed by atoms with van der Waals surface area (Å²) in [5.41, 5.74) is 9.04. The number of hydrogen-bond acceptors (Lipinski definition) is 0. The van der Waals surface area contributed by atoms with Crippen molar-refractivity contribution in [2.24, 2.45) is 0 Å². The van der Waals surface area contributed by atoms with E-state index in [1.807, 2.05) is 6.08 Å². The Hall–Kier alpha value is -3.06. The number of nitrogens with zero attached hydrogens (tertiary/aromatic N) is 1.